The van der Waals surface area contributed by atoms with Crippen molar-refractivity contribution in [1.82, 2.24) is 4.72 Å². The van der Waals surface area contributed by atoms with E-state index >= 15 is 0 Å². The van der Waals surface area contributed by atoms with Crippen LogP contribution in [0.3, 0.4) is 0 Å². The number of ether oxygens (including phenoxy) is 1. The van der Waals surface area contributed by atoms with Crippen molar-refractivity contribution >= 4 is 16.0 Å². The van der Waals surface area contributed by atoms with Gasteiger partial charge in [-0.3, -0.25) is 4.79 Å². The van der Waals surface area contributed by atoms with Crippen molar-refractivity contribution in [2.24, 2.45) is 0 Å². The maximum absolute atomic E-state index is 13.2. The summed E-state index contributed by atoms with van der Waals surface area (Å²) in [4.78, 5) is 10.1. The molecule has 1 aromatic carbocycles. The zero-order chi connectivity index (χ0) is 13.8. The normalized spacial score (nSPS) is 11.3. The highest BCUT2D eigenvalue weighted by molar-refractivity contribution is 7.89. The van der Waals surface area contributed by atoms with Crippen LogP contribution >= 0.6 is 0 Å². The van der Waals surface area contributed by atoms with Gasteiger partial charge in [-0.25, -0.2) is 17.2 Å². The number of sulfonamides is 1. The van der Waals surface area contributed by atoms with Gasteiger partial charge in [0, 0.05) is 0 Å². The van der Waals surface area contributed by atoms with E-state index in [9.17, 15) is 22.0 Å². The van der Waals surface area contributed by atoms with Gasteiger partial charge in [0.05, 0.1) is 6.61 Å². The third-order valence-electron chi connectivity index (χ3n) is 1.89. The van der Waals surface area contributed by atoms with Gasteiger partial charge < -0.3 is 4.74 Å². The van der Waals surface area contributed by atoms with Crippen LogP contribution in [0.25, 0.3) is 0 Å². The van der Waals surface area contributed by atoms with Crippen LogP contribution in [-0.2, 0) is 19.6 Å². The maximum atomic E-state index is 13.2. The molecule has 1 aromatic rings. The smallest absolute Gasteiger partial charge is 0.321 e. The molecule has 0 aliphatic rings. The summed E-state index contributed by atoms with van der Waals surface area (Å²) < 4.78 is 55.6. The number of halogens is 2. The average Bonchev–Trinajstić information content (AvgIpc) is 2.30. The quantitative estimate of drug-likeness (QED) is 0.809. The van der Waals surface area contributed by atoms with E-state index in [1.54, 1.807) is 6.92 Å². The Bertz CT molecular complexity index is 545. The lowest BCUT2D eigenvalue weighted by Crippen LogP contribution is -2.31. The highest BCUT2D eigenvalue weighted by Gasteiger charge is 2.20. The van der Waals surface area contributed by atoms with Crippen molar-refractivity contribution in [1.29, 1.82) is 0 Å². The summed E-state index contributed by atoms with van der Waals surface area (Å²) in [5.74, 6) is -2.81. The first-order valence-electron chi connectivity index (χ1n) is 4.97. The van der Waals surface area contributed by atoms with Gasteiger partial charge in [-0.1, -0.05) is 0 Å². The fourth-order valence-electron chi connectivity index (χ4n) is 1.13. The van der Waals surface area contributed by atoms with Crippen molar-refractivity contribution in [3.8, 4) is 0 Å². The number of esters is 1. The van der Waals surface area contributed by atoms with Gasteiger partial charge in [0.1, 0.15) is 23.1 Å². The zero-order valence-corrected chi connectivity index (χ0v) is 10.3. The predicted octanol–water partition coefficient (Wildman–Crippen LogP) is 0.806. The lowest BCUT2D eigenvalue weighted by Gasteiger charge is -2.07. The minimum atomic E-state index is -4.29. The molecule has 0 saturated heterocycles. The van der Waals surface area contributed by atoms with E-state index in [0.29, 0.717) is 12.1 Å². The highest BCUT2D eigenvalue weighted by atomic mass is 32.2. The van der Waals surface area contributed by atoms with E-state index < -0.39 is 39.1 Å². The van der Waals surface area contributed by atoms with Crippen LogP contribution < -0.4 is 4.72 Å². The number of benzene rings is 1. The Morgan fingerprint density at radius 2 is 2.06 bits per heavy atom. The molecule has 0 bridgehead atoms. The van der Waals surface area contributed by atoms with Gasteiger partial charge in [-0.2, -0.15) is 4.72 Å². The third kappa shape index (κ3) is 3.74. The Hall–Kier alpha value is -1.54. The minimum Gasteiger partial charge on any atom is -0.465 e. The Morgan fingerprint density at radius 1 is 1.39 bits per heavy atom. The largest absolute Gasteiger partial charge is 0.465 e. The van der Waals surface area contributed by atoms with Crippen LogP contribution in [0.4, 0.5) is 8.78 Å². The third-order valence-corrected chi connectivity index (χ3v) is 3.31. The number of hydrogen-bond donors (Lipinski definition) is 1. The summed E-state index contributed by atoms with van der Waals surface area (Å²) in [6, 6.07) is 2.01. The molecule has 0 heterocycles. The van der Waals surface area contributed by atoms with Crippen molar-refractivity contribution in [2.75, 3.05) is 13.2 Å². The van der Waals surface area contributed by atoms with Crippen molar-refractivity contribution in [3.05, 3.63) is 29.8 Å². The number of nitrogens with one attached hydrogen (secondary N) is 1. The van der Waals surface area contributed by atoms with Gasteiger partial charge in [-0.15, -0.1) is 0 Å². The molecule has 0 fully saturated rings. The van der Waals surface area contributed by atoms with E-state index in [0.717, 1.165) is 6.07 Å². The lowest BCUT2D eigenvalue weighted by atomic mass is 10.3. The molecule has 0 atom stereocenters. The number of rotatable bonds is 5. The number of hydrogen-bond acceptors (Lipinski definition) is 4. The molecule has 0 aliphatic heterocycles. The SMILES string of the molecule is CCOC(=O)CNS(=O)(=O)c1cc(F)ccc1F. The summed E-state index contributed by atoms with van der Waals surface area (Å²) in [5.41, 5.74) is 0. The van der Waals surface area contributed by atoms with Crippen LogP contribution in [0.15, 0.2) is 23.1 Å². The molecule has 0 spiro atoms. The molecular weight excluding hydrogens is 268 g/mol. The first-order valence-corrected chi connectivity index (χ1v) is 6.45. The fourth-order valence-corrected chi connectivity index (χ4v) is 2.18. The van der Waals surface area contributed by atoms with Crippen LogP contribution in [0.5, 0.6) is 0 Å². The minimum absolute atomic E-state index is 0.0921. The van der Waals surface area contributed by atoms with Gasteiger partial charge in [0.15, 0.2) is 0 Å². The van der Waals surface area contributed by atoms with E-state index in [1.807, 2.05) is 4.72 Å². The topological polar surface area (TPSA) is 72.5 Å². The summed E-state index contributed by atoms with van der Waals surface area (Å²) in [6.45, 7) is 1.000. The summed E-state index contributed by atoms with van der Waals surface area (Å²) >= 11 is 0. The monoisotopic (exact) mass is 279 g/mol. The molecule has 0 unspecified atom stereocenters. The molecule has 5 nitrogen and oxygen atoms in total. The van der Waals surface area contributed by atoms with Crippen molar-refractivity contribution < 1.29 is 26.7 Å². The predicted molar refractivity (Wildman–Crippen MR) is 58.2 cm³/mol. The zero-order valence-electron chi connectivity index (χ0n) is 9.44. The second-order valence-corrected chi connectivity index (χ2v) is 4.94. The van der Waals surface area contributed by atoms with E-state index in [4.69, 9.17) is 0 Å². The highest BCUT2D eigenvalue weighted by Crippen LogP contribution is 2.15. The molecule has 1 N–H and O–H groups in total. The molecule has 1 rings (SSSR count). The van der Waals surface area contributed by atoms with E-state index in [1.165, 1.54) is 0 Å². The molecule has 8 heteroatoms. The molecule has 18 heavy (non-hydrogen) atoms. The van der Waals surface area contributed by atoms with Gasteiger partial charge >= 0.3 is 5.97 Å². The Kier molecular flexibility index (Phi) is 4.74. The van der Waals surface area contributed by atoms with Crippen molar-refractivity contribution in [3.63, 3.8) is 0 Å². The lowest BCUT2D eigenvalue weighted by molar-refractivity contribution is -0.141. The maximum Gasteiger partial charge on any atom is 0.321 e. The number of carbonyl (C=O) groups excluding carboxylic acids is 1. The molecule has 100 valence electrons. The second kappa shape index (κ2) is 5.87. The number of carbonyl (C=O) groups is 1. The summed E-state index contributed by atoms with van der Waals surface area (Å²) in [7, 11) is -4.29. The molecular formula is C10H11F2NO4S. The van der Waals surface area contributed by atoms with E-state index in [2.05, 4.69) is 4.74 Å². The molecule has 0 aliphatic carbocycles. The first kappa shape index (κ1) is 14.5. The van der Waals surface area contributed by atoms with Crippen LogP contribution in [-0.4, -0.2) is 27.5 Å². The van der Waals surface area contributed by atoms with Crippen LogP contribution in [0.2, 0.25) is 0 Å². The summed E-state index contributed by atoms with van der Waals surface area (Å²) in [6.07, 6.45) is 0. The molecule has 0 radical (unpaired) electrons. The average molecular weight is 279 g/mol. The Labute approximate surface area is 103 Å². The Morgan fingerprint density at radius 3 is 2.67 bits per heavy atom. The molecule has 0 aromatic heterocycles. The van der Waals surface area contributed by atoms with Gasteiger partial charge in [-0.05, 0) is 25.1 Å². The fraction of sp³-hybridized carbons (Fsp3) is 0.300. The van der Waals surface area contributed by atoms with Crippen LogP contribution in [0, 0.1) is 11.6 Å². The molecule has 0 saturated carbocycles. The second-order valence-electron chi connectivity index (χ2n) is 3.20. The summed E-state index contributed by atoms with van der Waals surface area (Å²) in [5, 5.41) is 0. The first-order chi connectivity index (χ1) is 8.36. The van der Waals surface area contributed by atoms with Gasteiger partial charge in [0.25, 0.3) is 0 Å². The standard InChI is InChI=1S/C10H11F2NO4S/c1-2-17-10(14)6-13-18(15,16)9-5-7(11)3-4-8(9)12/h3-5,13H,2,6H2,1H3. The van der Waals surface area contributed by atoms with Gasteiger partial charge in [0.2, 0.25) is 10.0 Å². The molecule has 0 amide bonds. The Balaban J connectivity index is 2.87. The van der Waals surface area contributed by atoms with Crippen molar-refractivity contribution in [2.45, 2.75) is 11.8 Å². The van der Waals surface area contributed by atoms with E-state index in [-0.39, 0.29) is 6.61 Å². The van der Waals surface area contributed by atoms with Crippen LogP contribution in [0.1, 0.15) is 6.92 Å².